The van der Waals surface area contributed by atoms with Crippen molar-refractivity contribution >= 4 is 37.3 Å². The first kappa shape index (κ1) is 26.4. The van der Waals surface area contributed by atoms with Gasteiger partial charge in [0.15, 0.2) is 0 Å². The number of ether oxygens (including phenoxy) is 2. The number of hydrogen-bond donors (Lipinski definition) is 2. The lowest BCUT2D eigenvalue weighted by Gasteiger charge is -2.28. The lowest BCUT2D eigenvalue weighted by molar-refractivity contribution is -0.116. The summed E-state index contributed by atoms with van der Waals surface area (Å²) in [6, 6.07) is 8.73. The van der Waals surface area contributed by atoms with Gasteiger partial charge in [-0.25, -0.2) is 21.6 Å². The molecule has 2 aromatic rings. The van der Waals surface area contributed by atoms with Crippen molar-refractivity contribution in [1.29, 1.82) is 0 Å². The molecule has 2 rings (SSSR count). The van der Waals surface area contributed by atoms with Crippen molar-refractivity contribution in [2.75, 3.05) is 30.1 Å². The molecule has 0 saturated heterocycles. The number of nitrogens with one attached hydrogen (secondary N) is 2. The van der Waals surface area contributed by atoms with Crippen LogP contribution in [0.1, 0.15) is 20.8 Å². The van der Waals surface area contributed by atoms with Crippen molar-refractivity contribution in [3.05, 3.63) is 42.5 Å². The highest BCUT2D eigenvalue weighted by atomic mass is 32.2. The summed E-state index contributed by atoms with van der Waals surface area (Å²) in [5.41, 5.74) is 0.356. The SMILES string of the molecule is COc1ccc(N(C(C)C(=O)Nc2cc(S(=O)(=O)NC(C)C)ccc2OC)S(C)(=O)=O)cc1. The van der Waals surface area contributed by atoms with E-state index in [0.29, 0.717) is 5.75 Å². The lowest BCUT2D eigenvalue weighted by atomic mass is 10.2. The predicted octanol–water partition coefficient (Wildman–Crippen LogP) is 2.18. The molecule has 0 aliphatic carbocycles. The first-order chi connectivity index (χ1) is 15.3. The number of methoxy groups -OCH3 is 2. The number of benzene rings is 2. The maximum Gasteiger partial charge on any atom is 0.248 e. The van der Waals surface area contributed by atoms with E-state index in [0.717, 1.165) is 10.6 Å². The van der Waals surface area contributed by atoms with Gasteiger partial charge >= 0.3 is 0 Å². The average molecular weight is 500 g/mol. The van der Waals surface area contributed by atoms with Crippen LogP contribution in [0.25, 0.3) is 0 Å². The van der Waals surface area contributed by atoms with Gasteiger partial charge in [-0.2, -0.15) is 0 Å². The molecule has 0 aliphatic heterocycles. The third-order valence-corrected chi connectivity index (χ3v) is 7.44. The fraction of sp³-hybridized carbons (Fsp3) is 0.381. The van der Waals surface area contributed by atoms with Gasteiger partial charge in [0.25, 0.3) is 0 Å². The molecule has 0 aromatic heterocycles. The van der Waals surface area contributed by atoms with E-state index >= 15 is 0 Å². The summed E-state index contributed by atoms with van der Waals surface area (Å²) in [6.07, 6.45) is 0.992. The molecule has 2 aromatic carbocycles. The second-order valence-electron chi connectivity index (χ2n) is 7.56. The quantitative estimate of drug-likeness (QED) is 0.512. The molecule has 0 heterocycles. The van der Waals surface area contributed by atoms with Crippen LogP contribution in [0.15, 0.2) is 47.4 Å². The number of carbonyl (C=O) groups is 1. The van der Waals surface area contributed by atoms with E-state index in [-0.39, 0.29) is 28.1 Å². The van der Waals surface area contributed by atoms with Crippen molar-refractivity contribution in [2.24, 2.45) is 0 Å². The van der Waals surface area contributed by atoms with Crippen molar-refractivity contribution in [3.63, 3.8) is 0 Å². The molecule has 0 fully saturated rings. The summed E-state index contributed by atoms with van der Waals surface area (Å²) in [4.78, 5) is 13.0. The number of hydrogen-bond acceptors (Lipinski definition) is 7. The Kier molecular flexibility index (Phi) is 8.33. The molecule has 0 bridgehead atoms. The van der Waals surface area contributed by atoms with Crippen LogP contribution in [-0.2, 0) is 24.8 Å². The zero-order valence-electron chi connectivity index (χ0n) is 19.3. The van der Waals surface area contributed by atoms with Crippen LogP contribution >= 0.6 is 0 Å². The Bertz CT molecular complexity index is 1190. The van der Waals surface area contributed by atoms with Crippen molar-refractivity contribution in [2.45, 2.75) is 37.8 Å². The molecule has 10 nitrogen and oxygen atoms in total. The molecule has 182 valence electrons. The Morgan fingerprint density at radius 2 is 1.55 bits per heavy atom. The van der Waals surface area contributed by atoms with Gasteiger partial charge < -0.3 is 14.8 Å². The molecule has 0 saturated carbocycles. The van der Waals surface area contributed by atoms with E-state index in [1.807, 2.05) is 0 Å². The Balaban J connectivity index is 2.40. The Hall–Kier alpha value is -2.83. The van der Waals surface area contributed by atoms with Crippen molar-refractivity contribution < 1.29 is 31.1 Å². The summed E-state index contributed by atoms with van der Waals surface area (Å²) in [5.74, 6) is 0.0670. The molecule has 1 unspecified atom stereocenters. The minimum Gasteiger partial charge on any atom is -0.497 e. The summed E-state index contributed by atoms with van der Waals surface area (Å²) in [7, 11) is -4.81. The number of nitrogens with zero attached hydrogens (tertiary/aromatic N) is 1. The van der Waals surface area contributed by atoms with Crippen molar-refractivity contribution in [3.8, 4) is 11.5 Å². The number of anilines is 2. The number of carbonyl (C=O) groups excluding carboxylic acids is 1. The molecule has 0 aliphatic rings. The molecule has 33 heavy (non-hydrogen) atoms. The minimum atomic E-state index is -3.84. The van der Waals surface area contributed by atoms with Gasteiger partial charge in [0.2, 0.25) is 26.0 Å². The summed E-state index contributed by atoms with van der Waals surface area (Å²) in [5, 5.41) is 2.58. The maximum absolute atomic E-state index is 13.0. The molecule has 2 N–H and O–H groups in total. The number of amides is 1. The van der Waals surface area contributed by atoms with Gasteiger partial charge in [0.05, 0.1) is 36.7 Å². The normalized spacial score (nSPS) is 12.8. The van der Waals surface area contributed by atoms with Gasteiger partial charge in [-0.3, -0.25) is 9.10 Å². The molecule has 12 heteroatoms. The highest BCUT2D eigenvalue weighted by molar-refractivity contribution is 7.92. The standard InChI is InChI=1S/C21H29N3O7S2/c1-14(2)23-33(28,29)18-11-12-20(31-5)19(13-18)22-21(25)15(3)24(32(6,26)27)16-7-9-17(30-4)10-8-16/h7-15,23H,1-6H3,(H,22,25). The second-order valence-corrected chi connectivity index (χ2v) is 11.1. The topological polar surface area (TPSA) is 131 Å². The fourth-order valence-corrected chi connectivity index (χ4v) is 5.56. The third-order valence-electron chi connectivity index (χ3n) is 4.55. The van der Waals surface area contributed by atoms with E-state index in [1.54, 1.807) is 26.0 Å². The van der Waals surface area contributed by atoms with E-state index in [2.05, 4.69) is 10.0 Å². The van der Waals surface area contributed by atoms with E-state index in [9.17, 15) is 21.6 Å². The Morgan fingerprint density at radius 3 is 2.03 bits per heavy atom. The fourth-order valence-electron chi connectivity index (χ4n) is 3.11. The molecule has 1 amide bonds. The molecule has 1 atom stereocenters. The first-order valence-electron chi connectivity index (χ1n) is 9.95. The van der Waals surface area contributed by atoms with Gasteiger partial charge in [0.1, 0.15) is 17.5 Å². The first-order valence-corrected chi connectivity index (χ1v) is 13.3. The second kappa shape index (κ2) is 10.4. The molecular formula is C21H29N3O7S2. The van der Waals surface area contributed by atoms with Crippen LogP contribution in [0, 0.1) is 0 Å². The predicted molar refractivity (Wildman–Crippen MR) is 127 cm³/mol. The summed E-state index contributed by atoms with van der Waals surface area (Å²) >= 11 is 0. The number of rotatable bonds is 10. The van der Waals surface area contributed by atoms with Crippen LogP contribution in [0.3, 0.4) is 0 Å². The van der Waals surface area contributed by atoms with Gasteiger partial charge in [-0.1, -0.05) is 0 Å². The highest BCUT2D eigenvalue weighted by Crippen LogP contribution is 2.29. The zero-order valence-corrected chi connectivity index (χ0v) is 21.0. The largest absolute Gasteiger partial charge is 0.497 e. The van der Waals surface area contributed by atoms with Crippen LogP contribution in [0.5, 0.6) is 11.5 Å². The lowest BCUT2D eigenvalue weighted by Crippen LogP contribution is -2.45. The summed E-state index contributed by atoms with van der Waals surface area (Å²) in [6.45, 7) is 4.79. The monoisotopic (exact) mass is 499 g/mol. The van der Waals surface area contributed by atoms with Gasteiger partial charge in [-0.05, 0) is 63.2 Å². The smallest absolute Gasteiger partial charge is 0.248 e. The highest BCUT2D eigenvalue weighted by Gasteiger charge is 2.30. The van der Waals surface area contributed by atoms with Crippen LogP contribution < -0.4 is 23.8 Å². The van der Waals surface area contributed by atoms with E-state index < -0.39 is 32.0 Å². The van der Waals surface area contributed by atoms with Gasteiger partial charge in [-0.15, -0.1) is 0 Å². The summed E-state index contributed by atoms with van der Waals surface area (Å²) < 4.78 is 63.8. The van der Waals surface area contributed by atoms with E-state index in [1.165, 1.54) is 51.5 Å². The molecular weight excluding hydrogens is 470 g/mol. The average Bonchev–Trinajstić information content (AvgIpc) is 2.72. The third kappa shape index (κ3) is 6.59. The molecule has 0 spiro atoms. The van der Waals surface area contributed by atoms with E-state index in [4.69, 9.17) is 9.47 Å². The zero-order chi connectivity index (χ0) is 25.0. The maximum atomic E-state index is 13.0. The molecule has 0 radical (unpaired) electrons. The Morgan fingerprint density at radius 1 is 0.939 bits per heavy atom. The number of sulfonamides is 2. The van der Waals surface area contributed by atoms with Crippen LogP contribution in [0.2, 0.25) is 0 Å². The van der Waals surface area contributed by atoms with Crippen LogP contribution in [-0.4, -0.2) is 55.3 Å². The minimum absolute atomic E-state index is 0.0740. The van der Waals surface area contributed by atoms with Crippen molar-refractivity contribution in [1.82, 2.24) is 4.72 Å². The van der Waals surface area contributed by atoms with Gasteiger partial charge in [0, 0.05) is 6.04 Å². The Labute approximate surface area is 195 Å². The van der Waals surface area contributed by atoms with Crippen LogP contribution in [0.4, 0.5) is 11.4 Å².